The molecular formula is C12H15N3OS. The Morgan fingerprint density at radius 2 is 2.35 bits per heavy atom. The van der Waals surface area contributed by atoms with E-state index in [1.54, 1.807) is 24.6 Å². The molecule has 0 fully saturated rings. The third-order valence-corrected chi connectivity index (χ3v) is 3.29. The second-order valence-corrected chi connectivity index (χ2v) is 4.66. The van der Waals surface area contributed by atoms with E-state index in [2.05, 4.69) is 15.3 Å². The van der Waals surface area contributed by atoms with Crippen molar-refractivity contribution in [3.63, 3.8) is 0 Å². The molecule has 2 heterocycles. The van der Waals surface area contributed by atoms with Gasteiger partial charge in [0.15, 0.2) is 0 Å². The molecule has 0 atom stereocenters. The molecule has 0 aliphatic heterocycles. The van der Waals surface area contributed by atoms with Crippen LogP contribution in [0.2, 0.25) is 0 Å². The third-order valence-electron chi connectivity index (χ3n) is 2.24. The summed E-state index contributed by atoms with van der Waals surface area (Å²) in [6.07, 6.45) is 5.51. The second-order valence-electron chi connectivity index (χ2n) is 3.54. The fraction of sp³-hybridized carbons (Fsp3) is 0.333. The molecule has 5 heteroatoms. The van der Waals surface area contributed by atoms with Crippen LogP contribution in [0.1, 0.15) is 4.88 Å². The van der Waals surface area contributed by atoms with Crippen LogP contribution in [0.3, 0.4) is 0 Å². The summed E-state index contributed by atoms with van der Waals surface area (Å²) in [5.41, 5.74) is 1.07. The van der Waals surface area contributed by atoms with E-state index in [9.17, 15) is 0 Å². The molecule has 4 nitrogen and oxygen atoms in total. The lowest BCUT2D eigenvalue weighted by molar-refractivity contribution is 0.199. The predicted octanol–water partition coefficient (Wildman–Crippen LogP) is 1.94. The van der Waals surface area contributed by atoms with Gasteiger partial charge in [-0.25, -0.2) is 4.98 Å². The summed E-state index contributed by atoms with van der Waals surface area (Å²) in [5.74, 6) is 0. The SMILES string of the molecule is COCCNCc1cnc(-c2cccnc2)s1. The van der Waals surface area contributed by atoms with Crippen LogP contribution in [-0.2, 0) is 11.3 Å². The molecule has 0 spiro atoms. The van der Waals surface area contributed by atoms with Crippen molar-refractivity contribution in [2.24, 2.45) is 0 Å². The predicted molar refractivity (Wildman–Crippen MR) is 68.9 cm³/mol. The number of nitrogens with zero attached hydrogens (tertiary/aromatic N) is 2. The molecule has 0 aliphatic rings. The lowest BCUT2D eigenvalue weighted by atomic mass is 10.3. The van der Waals surface area contributed by atoms with Crippen LogP contribution in [0.4, 0.5) is 0 Å². The summed E-state index contributed by atoms with van der Waals surface area (Å²) >= 11 is 1.69. The second kappa shape index (κ2) is 6.44. The van der Waals surface area contributed by atoms with Crippen molar-refractivity contribution >= 4 is 11.3 Å². The number of methoxy groups -OCH3 is 1. The van der Waals surface area contributed by atoms with E-state index >= 15 is 0 Å². The molecule has 0 unspecified atom stereocenters. The lowest BCUT2D eigenvalue weighted by Crippen LogP contribution is -2.17. The van der Waals surface area contributed by atoms with Gasteiger partial charge in [0.05, 0.1) is 6.61 Å². The largest absolute Gasteiger partial charge is 0.383 e. The normalized spacial score (nSPS) is 10.6. The molecule has 0 amide bonds. The van der Waals surface area contributed by atoms with Gasteiger partial charge in [-0.1, -0.05) is 0 Å². The van der Waals surface area contributed by atoms with Crippen LogP contribution < -0.4 is 5.32 Å². The fourth-order valence-electron chi connectivity index (χ4n) is 1.40. The average Bonchev–Trinajstić information content (AvgIpc) is 2.85. The van der Waals surface area contributed by atoms with Crippen LogP contribution in [0.25, 0.3) is 10.6 Å². The molecular weight excluding hydrogens is 234 g/mol. The summed E-state index contributed by atoms with van der Waals surface area (Å²) in [5, 5.41) is 4.31. The Bertz CT molecular complexity index is 444. The number of rotatable bonds is 6. The zero-order chi connectivity index (χ0) is 11.9. The molecule has 2 aromatic rings. The Balaban J connectivity index is 1.92. The molecule has 17 heavy (non-hydrogen) atoms. The number of thiazole rings is 1. The fourth-order valence-corrected chi connectivity index (χ4v) is 2.27. The molecule has 0 bridgehead atoms. The first-order valence-corrected chi connectivity index (χ1v) is 6.26. The Morgan fingerprint density at radius 1 is 1.41 bits per heavy atom. The summed E-state index contributed by atoms with van der Waals surface area (Å²) in [7, 11) is 1.70. The van der Waals surface area contributed by atoms with Gasteiger partial charge in [-0.2, -0.15) is 0 Å². The van der Waals surface area contributed by atoms with Gasteiger partial charge in [0.2, 0.25) is 0 Å². The van der Waals surface area contributed by atoms with E-state index in [4.69, 9.17) is 4.74 Å². The molecule has 2 rings (SSSR count). The van der Waals surface area contributed by atoms with Gasteiger partial charge in [-0.05, 0) is 12.1 Å². The zero-order valence-corrected chi connectivity index (χ0v) is 10.5. The van der Waals surface area contributed by atoms with Crippen molar-refractivity contribution in [2.75, 3.05) is 20.3 Å². The summed E-state index contributed by atoms with van der Waals surface area (Å²) in [6.45, 7) is 2.42. The average molecular weight is 249 g/mol. The van der Waals surface area contributed by atoms with E-state index in [-0.39, 0.29) is 0 Å². The highest BCUT2D eigenvalue weighted by Gasteiger charge is 2.03. The monoisotopic (exact) mass is 249 g/mol. The summed E-state index contributed by atoms with van der Waals surface area (Å²) in [6, 6.07) is 3.95. The molecule has 0 saturated carbocycles. The molecule has 0 aromatic carbocycles. The standard InChI is InChI=1S/C12H15N3OS/c1-16-6-5-14-8-11-9-15-12(17-11)10-3-2-4-13-7-10/h2-4,7,9,14H,5-6,8H2,1H3. The first-order valence-electron chi connectivity index (χ1n) is 5.45. The van der Waals surface area contributed by atoms with E-state index in [0.29, 0.717) is 0 Å². The van der Waals surface area contributed by atoms with Crippen LogP contribution in [-0.4, -0.2) is 30.2 Å². The van der Waals surface area contributed by atoms with Gasteiger partial charge in [0.1, 0.15) is 5.01 Å². The van der Waals surface area contributed by atoms with Crippen LogP contribution in [0, 0.1) is 0 Å². The van der Waals surface area contributed by atoms with E-state index in [1.807, 2.05) is 24.5 Å². The van der Waals surface area contributed by atoms with Crippen molar-refractivity contribution in [1.29, 1.82) is 0 Å². The van der Waals surface area contributed by atoms with Crippen molar-refractivity contribution < 1.29 is 4.74 Å². The third kappa shape index (κ3) is 3.59. The highest BCUT2D eigenvalue weighted by molar-refractivity contribution is 7.15. The minimum atomic E-state index is 0.730. The molecule has 0 aliphatic carbocycles. The topological polar surface area (TPSA) is 47.0 Å². The molecule has 1 N–H and O–H groups in total. The summed E-state index contributed by atoms with van der Waals surface area (Å²) < 4.78 is 4.97. The summed E-state index contributed by atoms with van der Waals surface area (Å²) in [4.78, 5) is 9.71. The van der Waals surface area contributed by atoms with Crippen LogP contribution in [0.5, 0.6) is 0 Å². The number of hydrogen-bond acceptors (Lipinski definition) is 5. The van der Waals surface area contributed by atoms with Gasteiger partial charge in [0, 0.05) is 49.2 Å². The minimum Gasteiger partial charge on any atom is -0.383 e. The Morgan fingerprint density at radius 3 is 3.12 bits per heavy atom. The van der Waals surface area contributed by atoms with E-state index in [1.165, 1.54) is 4.88 Å². The maximum atomic E-state index is 4.97. The first-order chi connectivity index (χ1) is 8.40. The maximum absolute atomic E-state index is 4.97. The zero-order valence-electron chi connectivity index (χ0n) is 9.72. The number of hydrogen-bond donors (Lipinski definition) is 1. The van der Waals surface area contributed by atoms with Gasteiger partial charge >= 0.3 is 0 Å². The van der Waals surface area contributed by atoms with Gasteiger partial charge in [0.25, 0.3) is 0 Å². The highest BCUT2D eigenvalue weighted by atomic mass is 32.1. The van der Waals surface area contributed by atoms with Crippen molar-refractivity contribution in [1.82, 2.24) is 15.3 Å². The number of ether oxygens (including phenoxy) is 1. The number of pyridine rings is 1. The molecule has 90 valence electrons. The Labute approximate surface area is 105 Å². The Hall–Kier alpha value is -1.30. The first kappa shape index (κ1) is 12.2. The molecule has 2 aromatic heterocycles. The van der Waals surface area contributed by atoms with Gasteiger partial charge in [-0.3, -0.25) is 4.98 Å². The van der Waals surface area contributed by atoms with E-state index < -0.39 is 0 Å². The molecule has 0 saturated heterocycles. The van der Waals surface area contributed by atoms with Gasteiger partial charge in [-0.15, -0.1) is 11.3 Å². The number of nitrogens with one attached hydrogen (secondary N) is 1. The minimum absolute atomic E-state index is 0.730. The van der Waals surface area contributed by atoms with Crippen LogP contribution in [0.15, 0.2) is 30.7 Å². The molecule has 0 radical (unpaired) electrons. The van der Waals surface area contributed by atoms with Crippen molar-refractivity contribution in [3.8, 4) is 10.6 Å². The van der Waals surface area contributed by atoms with Crippen LogP contribution >= 0.6 is 11.3 Å². The maximum Gasteiger partial charge on any atom is 0.125 e. The van der Waals surface area contributed by atoms with Gasteiger partial charge < -0.3 is 10.1 Å². The quantitative estimate of drug-likeness (QED) is 0.795. The van der Waals surface area contributed by atoms with E-state index in [0.717, 1.165) is 30.3 Å². The van der Waals surface area contributed by atoms with Crippen molar-refractivity contribution in [3.05, 3.63) is 35.6 Å². The smallest absolute Gasteiger partial charge is 0.125 e. The lowest BCUT2D eigenvalue weighted by Gasteiger charge is -2.00. The highest BCUT2D eigenvalue weighted by Crippen LogP contribution is 2.23. The number of aromatic nitrogens is 2. The van der Waals surface area contributed by atoms with Crippen molar-refractivity contribution in [2.45, 2.75) is 6.54 Å². The Kier molecular flexibility index (Phi) is 4.61.